The minimum Gasteiger partial charge on any atom is -0.507 e. The number of phenols is 2. The SMILES string of the molecule is COc1cc2oc3c(c(=O)c2c(O)c1C)-c1cccc(O)c1O[C@@H]3O. The quantitative estimate of drug-likeness (QED) is 0.623. The zero-order valence-corrected chi connectivity index (χ0v) is 13.4. The van der Waals surface area contributed by atoms with Gasteiger partial charge in [-0.2, -0.15) is 0 Å². The predicted molar refractivity (Wildman–Crippen MR) is 88.1 cm³/mol. The summed E-state index contributed by atoms with van der Waals surface area (Å²) >= 11 is 0. The first-order valence-corrected chi connectivity index (χ1v) is 7.48. The van der Waals surface area contributed by atoms with Crippen LogP contribution in [-0.4, -0.2) is 22.4 Å². The molecular weight excluding hydrogens is 328 g/mol. The largest absolute Gasteiger partial charge is 0.507 e. The van der Waals surface area contributed by atoms with E-state index in [2.05, 4.69) is 0 Å². The van der Waals surface area contributed by atoms with Gasteiger partial charge >= 0.3 is 0 Å². The zero-order valence-electron chi connectivity index (χ0n) is 13.4. The fourth-order valence-electron chi connectivity index (χ4n) is 3.08. The topological polar surface area (TPSA) is 109 Å². The van der Waals surface area contributed by atoms with E-state index in [4.69, 9.17) is 13.9 Å². The molecule has 1 aliphatic rings. The van der Waals surface area contributed by atoms with Gasteiger partial charge in [0.15, 0.2) is 17.3 Å². The Hall–Kier alpha value is -3.19. The number of aliphatic hydroxyl groups excluding tert-OH is 1. The highest BCUT2D eigenvalue weighted by molar-refractivity contribution is 5.92. The first kappa shape index (κ1) is 15.3. The third kappa shape index (κ3) is 1.99. The molecule has 0 saturated heterocycles. The van der Waals surface area contributed by atoms with Gasteiger partial charge in [0.05, 0.1) is 12.7 Å². The van der Waals surface area contributed by atoms with E-state index in [0.717, 1.165) is 0 Å². The first-order chi connectivity index (χ1) is 11.9. The molecule has 3 aromatic rings. The van der Waals surface area contributed by atoms with Crippen molar-refractivity contribution >= 4 is 11.0 Å². The van der Waals surface area contributed by atoms with E-state index in [1.165, 1.54) is 19.2 Å². The summed E-state index contributed by atoms with van der Waals surface area (Å²) in [4.78, 5) is 13.1. The average Bonchev–Trinajstić information content (AvgIpc) is 2.59. The predicted octanol–water partition coefficient (Wildman–Crippen LogP) is 2.57. The van der Waals surface area contributed by atoms with Crippen molar-refractivity contribution in [1.82, 2.24) is 0 Å². The van der Waals surface area contributed by atoms with Crippen molar-refractivity contribution in [2.24, 2.45) is 0 Å². The Bertz CT molecular complexity index is 1080. The number of hydrogen-bond donors (Lipinski definition) is 3. The summed E-state index contributed by atoms with van der Waals surface area (Å²) in [5.41, 5.74) is 0.246. The number of methoxy groups -OCH3 is 1. The Kier molecular flexibility index (Phi) is 3.16. The molecule has 4 rings (SSSR count). The minimum absolute atomic E-state index is 0.0149. The van der Waals surface area contributed by atoms with Crippen molar-refractivity contribution in [1.29, 1.82) is 0 Å². The minimum atomic E-state index is -1.57. The molecule has 1 aromatic heterocycles. The maximum Gasteiger partial charge on any atom is 0.257 e. The molecule has 1 atom stereocenters. The number of para-hydroxylation sites is 1. The maximum absolute atomic E-state index is 13.1. The third-order valence-electron chi connectivity index (χ3n) is 4.33. The fourth-order valence-corrected chi connectivity index (χ4v) is 3.08. The summed E-state index contributed by atoms with van der Waals surface area (Å²) in [6.45, 7) is 1.62. The molecule has 0 radical (unpaired) electrons. The highest BCUT2D eigenvalue weighted by atomic mass is 16.6. The van der Waals surface area contributed by atoms with E-state index >= 15 is 0 Å². The molecule has 0 saturated carbocycles. The van der Waals surface area contributed by atoms with E-state index in [1.807, 2.05) is 0 Å². The molecule has 0 bridgehead atoms. The molecule has 2 aromatic carbocycles. The molecule has 0 amide bonds. The number of ether oxygens (including phenoxy) is 2. The number of aromatic hydroxyl groups is 2. The van der Waals surface area contributed by atoms with E-state index < -0.39 is 11.7 Å². The number of phenolic OH excluding ortho intramolecular Hbond substituents is 2. The smallest absolute Gasteiger partial charge is 0.257 e. The number of rotatable bonds is 1. The van der Waals surface area contributed by atoms with Crippen molar-refractivity contribution in [3.05, 3.63) is 45.8 Å². The van der Waals surface area contributed by atoms with Crippen LogP contribution in [0.3, 0.4) is 0 Å². The Morgan fingerprint density at radius 1 is 1.24 bits per heavy atom. The molecule has 128 valence electrons. The number of benzene rings is 2. The molecule has 2 heterocycles. The maximum atomic E-state index is 13.1. The lowest BCUT2D eigenvalue weighted by Crippen LogP contribution is -2.20. The molecular formula is C18H14O7. The Labute approximate surface area is 141 Å². The van der Waals surface area contributed by atoms with Gasteiger partial charge in [-0.15, -0.1) is 0 Å². The van der Waals surface area contributed by atoms with Crippen molar-refractivity contribution in [3.63, 3.8) is 0 Å². The van der Waals surface area contributed by atoms with Gasteiger partial charge in [0, 0.05) is 17.2 Å². The number of fused-ring (bicyclic) bond motifs is 4. The van der Waals surface area contributed by atoms with Crippen LogP contribution in [-0.2, 0) is 0 Å². The summed E-state index contributed by atoms with van der Waals surface area (Å²) in [6, 6.07) is 5.96. The van der Waals surface area contributed by atoms with E-state index in [9.17, 15) is 20.1 Å². The molecule has 0 fully saturated rings. The van der Waals surface area contributed by atoms with Crippen LogP contribution >= 0.6 is 0 Å². The van der Waals surface area contributed by atoms with Gasteiger partial charge in [0.1, 0.15) is 22.5 Å². The molecule has 7 heteroatoms. The Morgan fingerprint density at radius 3 is 2.72 bits per heavy atom. The second-order valence-electron chi connectivity index (χ2n) is 5.72. The normalized spacial score (nSPS) is 15.4. The highest BCUT2D eigenvalue weighted by Crippen LogP contribution is 2.46. The van der Waals surface area contributed by atoms with Crippen LogP contribution in [0.2, 0.25) is 0 Å². The van der Waals surface area contributed by atoms with Crippen molar-refractivity contribution in [2.75, 3.05) is 7.11 Å². The van der Waals surface area contributed by atoms with Gasteiger partial charge in [-0.1, -0.05) is 12.1 Å². The second-order valence-corrected chi connectivity index (χ2v) is 5.72. The monoisotopic (exact) mass is 342 g/mol. The van der Waals surface area contributed by atoms with Gasteiger partial charge in [-0.05, 0) is 13.0 Å². The Balaban J connectivity index is 2.17. The van der Waals surface area contributed by atoms with Crippen LogP contribution in [0.25, 0.3) is 22.1 Å². The zero-order chi connectivity index (χ0) is 17.9. The molecule has 1 aliphatic heterocycles. The van der Waals surface area contributed by atoms with Crippen LogP contribution < -0.4 is 14.9 Å². The molecule has 0 aliphatic carbocycles. The standard InChI is InChI=1S/C18H14O7/c1-7-10(23-2)6-11-13(14(7)20)15(21)12-8-4-3-5-9(19)16(8)25-18(22)17(12)24-11/h3-6,18-20,22H,1-2H3/t18-/m0/s1. The van der Waals surface area contributed by atoms with Crippen molar-refractivity contribution in [3.8, 4) is 34.1 Å². The van der Waals surface area contributed by atoms with Crippen LogP contribution in [0.5, 0.6) is 23.0 Å². The summed E-state index contributed by atoms with van der Waals surface area (Å²) < 4.78 is 16.1. The lowest BCUT2D eigenvalue weighted by atomic mass is 9.97. The highest BCUT2D eigenvalue weighted by Gasteiger charge is 2.33. The van der Waals surface area contributed by atoms with Crippen LogP contribution in [0, 0.1) is 6.92 Å². The summed E-state index contributed by atoms with van der Waals surface area (Å²) in [7, 11) is 1.43. The van der Waals surface area contributed by atoms with E-state index in [0.29, 0.717) is 11.3 Å². The number of aliphatic hydroxyl groups is 1. The van der Waals surface area contributed by atoms with Crippen LogP contribution in [0.15, 0.2) is 33.5 Å². The van der Waals surface area contributed by atoms with Gasteiger partial charge < -0.3 is 29.2 Å². The van der Waals surface area contributed by atoms with Gasteiger partial charge in [-0.3, -0.25) is 4.79 Å². The summed E-state index contributed by atoms with van der Waals surface area (Å²) in [6.07, 6.45) is -1.57. The van der Waals surface area contributed by atoms with E-state index in [1.54, 1.807) is 19.1 Å². The fraction of sp³-hybridized carbons (Fsp3) is 0.167. The average molecular weight is 342 g/mol. The van der Waals surface area contributed by atoms with Crippen molar-refractivity contribution in [2.45, 2.75) is 13.2 Å². The molecule has 3 N–H and O–H groups in total. The van der Waals surface area contributed by atoms with Crippen LogP contribution in [0.4, 0.5) is 0 Å². The summed E-state index contributed by atoms with van der Waals surface area (Å²) in [5.74, 6) is -0.234. The van der Waals surface area contributed by atoms with Crippen molar-refractivity contribution < 1.29 is 29.2 Å². The third-order valence-corrected chi connectivity index (χ3v) is 4.33. The molecule has 0 spiro atoms. The second kappa shape index (κ2) is 5.15. The molecule has 7 nitrogen and oxygen atoms in total. The lowest BCUT2D eigenvalue weighted by Gasteiger charge is -2.24. The van der Waals surface area contributed by atoms with Crippen LogP contribution in [0.1, 0.15) is 17.6 Å². The molecule has 0 unspecified atom stereocenters. The van der Waals surface area contributed by atoms with Gasteiger partial charge in [0.2, 0.25) is 5.43 Å². The van der Waals surface area contributed by atoms with E-state index in [-0.39, 0.29) is 45.1 Å². The lowest BCUT2D eigenvalue weighted by molar-refractivity contribution is -0.0390. The summed E-state index contributed by atoms with van der Waals surface area (Å²) in [5, 5.41) is 30.6. The van der Waals surface area contributed by atoms with Gasteiger partial charge in [0.25, 0.3) is 6.29 Å². The van der Waals surface area contributed by atoms with Gasteiger partial charge in [-0.25, -0.2) is 0 Å². The molecule has 25 heavy (non-hydrogen) atoms. The number of hydrogen-bond acceptors (Lipinski definition) is 7. The Morgan fingerprint density at radius 2 is 2.00 bits per heavy atom. The first-order valence-electron chi connectivity index (χ1n) is 7.48.